The first-order chi connectivity index (χ1) is 10.5. The van der Waals surface area contributed by atoms with Gasteiger partial charge in [-0.2, -0.15) is 0 Å². The second kappa shape index (κ2) is 7.63. The lowest BCUT2D eigenvalue weighted by molar-refractivity contribution is -0.170. The zero-order chi connectivity index (χ0) is 16.1. The van der Waals surface area contributed by atoms with Crippen molar-refractivity contribution in [2.75, 3.05) is 13.7 Å². The van der Waals surface area contributed by atoms with E-state index in [-0.39, 0.29) is 23.9 Å². The first-order valence-corrected chi connectivity index (χ1v) is 7.92. The molecule has 2 rings (SSSR count). The molecule has 0 bridgehead atoms. The predicted molar refractivity (Wildman–Crippen MR) is 84.6 cm³/mol. The first-order valence-electron chi connectivity index (χ1n) is 7.92. The molecule has 0 spiro atoms. The van der Waals surface area contributed by atoms with Crippen LogP contribution in [0.25, 0.3) is 0 Å². The van der Waals surface area contributed by atoms with Gasteiger partial charge in [0, 0.05) is 5.92 Å². The van der Waals surface area contributed by atoms with Crippen LogP contribution in [0.4, 0.5) is 0 Å². The van der Waals surface area contributed by atoms with Crippen LogP contribution < -0.4 is 4.74 Å². The highest BCUT2D eigenvalue weighted by atomic mass is 16.5. The summed E-state index contributed by atoms with van der Waals surface area (Å²) in [5.41, 5.74) is 1.11. The van der Waals surface area contributed by atoms with E-state index in [1.165, 1.54) is 0 Å². The van der Waals surface area contributed by atoms with Crippen molar-refractivity contribution in [3.63, 3.8) is 0 Å². The van der Waals surface area contributed by atoms with E-state index < -0.39 is 0 Å². The Morgan fingerprint density at radius 3 is 2.59 bits per heavy atom. The maximum Gasteiger partial charge on any atom is 0.308 e. The monoisotopic (exact) mass is 306 g/mol. The molecule has 0 aromatic heterocycles. The van der Waals surface area contributed by atoms with E-state index >= 15 is 0 Å². The van der Waals surface area contributed by atoms with Crippen LogP contribution in [-0.4, -0.2) is 25.8 Å². The summed E-state index contributed by atoms with van der Waals surface area (Å²) in [6, 6.07) is 7.84. The minimum Gasteiger partial charge on any atom is -0.497 e. The van der Waals surface area contributed by atoms with Gasteiger partial charge in [0.2, 0.25) is 0 Å². The van der Waals surface area contributed by atoms with Crippen LogP contribution in [0, 0.1) is 17.8 Å². The maximum atomic E-state index is 11.7. The Labute approximate surface area is 132 Å². The number of ether oxygens (including phenoxy) is 3. The molecule has 1 aliphatic rings. The lowest BCUT2D eigenvalue weighted by Crippen LogP contribution is -2.41. The van der Waals surface area contributed by atoms with Crippen LogP contribution in [0.1, 0.15) is 32.8 Å². The lowest BCUT2D eigenvalue weighted by Gasteiger charge is -2.35. The molecular weight excluding hydrogens is 280 g/mol. The smallest absolute Gasteiger partial charge is 0.308 e. The SMILES string of the molecule is COc1ccc(COC[C@H](C)[C@@H]2OC(=O)[C@H](C)C[C@@H]2C)cc1. The van der Waals surface area contributed by atoms with Gasteiger partial charge in [0.05, 0.1) is 26.2 Å². The Balaban J connectivity index is 1.79. The minimum absolute atomic E-state index is 0.0127. The predicted octanol–water partition coefficient (Wildman–Crippen LogP) is 3.44. The topological polar surface area (TPSA) is 44.8 Å². The molecule has 1 aromatic carbocycles. The third-order valence-corrected chi connectivity index (χ3v) is 4.31. The van der Waals surface area contributed by atoms with Crippen LogP contribution in [0.3, 0.4) is 0 Å². The fraction of sp³-hybridized carbons (Fsp3) is 0.611. The molecular formula is C18H26O4. The van der Waals surface area contributed by atoms with Gasteiger partial charge in [0.25, 0.3) is 0 Å². The molecule has 0 N–H and O–H groups in total. The summed E-state index contributed by atoms with van der Waals surface area (Å²) in [6.07, 6.45) is 0.853. The number of rotatable bonds is 6. The molecule has 1 aromatic rings. The van der Waals surface area contributed by atoms with E-state index in [9.17, 15) is 4.79 Å². The standard InChI is InChI=1S/C18H26O4/c1-12-9-13(2)18(19)22-17(12)14(3)10-21-11-15-5-7-16(20-4)8-6-15/h5-8,12-14,17H,9-11H2,1-4H3/t12-,13+,14-,17+/m0/s1. The first kappa shape index (κ1) is 16.8. The molecule has 4 nitrogen and oxygen atoms in total. The average molecular weight is 306 g/mol. The normalized spacial score (nSPS) is 26.4. The second-order valence-electron chi connectivity index (χ2n) is 6.36. The number of carbonyl (C=O) groups is 1. The molecule has 122 valence electrons. The van der Waals surface area contributed by atoms with Crippen molar-refractivity contribution >= 4 is 5.97 Å². The highest BCUT2D eigenvalue weighted by Gasteiger charge is 2.35. The van der Waals surface area contributed by atoms with E-state index in [0.29, 0.717) is 19.1 Å². The molecule has 0 aliphatic carbocycles. The molecule has 4 heteroatoms. The second-order valence-corrected chi connectivity index (χ2v) is 6.36. The Morgan fingerprint density at radius 2 is 1.95 bits per heavy atom. The minimum atomic E-state index is -0.0786. The van der Waals surface area contributed by atoms with E-state index in [1.807, 2.05) is 31.2 Å². The Morgan fingerprint density at radius 1 is 1.27 bits per heavy atom. The number of methoxy groups -OCH3 is 1. The van der Waals surface area contributed by atoms with Gasteiger partial charge in [-0.15, -0.1) is 0 Å². The number of carbonyl (C=O) groups excluding carboxylic acids is 1. The summed E-state index contributed by atoms with van der Waals surface area (Å²) in [5.74, 6) is 1.36. The molecule has 0 amide bonds. The number of hydrogen-bond acceptors (Lipinski definition) is 4. The van der Waals surface area contributed by atoms with Gasteiger partial charge in [-0.3, -0.25) is 4.79 Å². The van der Waals surface area contributed by atoms with E-state index in [0.717, 1.165) is 17.7 Å². The van der Waals surface area contributed by atoms with Crippen molar-refractivity contribution in [1.82, 2.24) is 0 Å². The van der Waals surface area contributed by atoms with Gasteiger partial charge in [0.1, 0.15) is 11.9 Å². The third kappa shape index (κ3) is 4.23. The van der Waals surface area contributed by atoms with E-state index in [4.69, 9.17) is 14.2 Å². The molecule has 0 saturated carbocycles. The van der Waals surface area contributed by atoms with E-state index in [1.54, 1.807) is 7.11 Å². The van der Waals surface area contributed by atoms with Crippen molar-refractivity contribution < 1.29 is 19.0 Å². The van der Waals surface area contributed by atoms with Crippen LogP contribution in [0.2, 0.25) is 0 Å². The van der Waals surface area contributed by atoms with Crippen LogP contribution in [-0.2, 0) is 20.9 Å². The summed E-state index contributed by atoms with van der Waals surface area (Å²) >= 11 is 0. The summed E-state index contributed by atoms with van der Waals surface area (Å²) in [4.78, 5) is 11.7. The molecule has 0 radical (unpaired) electrons. The largest absolute Gasteiger partial charge is 0.497 e. The van der Waals surface area contributed by atoms with Crippen molar-refractivity contribution in [1.29, 1.82) is 0 Å². The molecule has 1 aliphatic heterocycles. The Hall–Kier alpha value is -1.55. The number of esters is 1. The lowest BCUT2D eigenvalue weighted by atomic mass is 9.84. The van der Waals surface area contributed by atoms with Gasteiger partial charge in [-0.25, -0.2) is 0 Å². The highest BCUT2D eigenvalue weighted by Crippen LogP contribution is 2.30. The molecule has 0 unspecified atom stereocenters. The summed E-state index contributed by atoms with van der Waals surface area (Å²) < 4.78 is 16.5. The molecule has 1 saturated heterocycles. The van der Waals surface area contributed by atoms with Gasteiger partial charge >= 0.3 is 5.97 Å². The number of benzene rings is 1. The van der Waals surface area contributed by atoms with Crippen molar-refractivity contribution in [3.8, 4) is 5.75 Å². The highest BCUT2D eigenvalue weighted by molar-refractivity contribution is 5.73. The van der Waals surface area contributed by atoms with Gasteiger partial charge in [-0.05, 0) is 30.0 Å². The Kier molecular flexibility index (Phi) is 5.83. The van der Waals surface area contributed by atoms with Crippen molar-refractivity contribution in [3.05, 3.63) is 29.8 Å². The fourth-order valence-corrected chi connectivity index (χ4v) is 3.01. The number of hydrogen-bond donors (Lipinski definition) is 0. The van der Waals surface area contributed by atoms with Gasteiger partial charge in [-0.1, -0.05) is 32.9 Å². The van der Waals surface area contributed by atoms with Gasteiger partial charge in [0.15, 0.2) is 0 Å². The average Bonchev–Trinajstić information content (AvgIpc) is 2.51. The fourth-order valence-electron chi connectivity index (χ4n) is 3.01. The number of cyclic esters (lactones) is 1. The summed E-state index contributed by atoms with van der Waals surface area (Å²) in [6.45, 7) is 7.30. The summed E-state index contributed by atoms with van der Waals surface area (Å²) in [5, 5.41) is 0. The zero-order valence-electron chi connectivity index (χ0n) is 13.9. The van der Waals surface area contributed by atoms with Crippen LogP contribution in [0.5, 0.6) is 5.75 Å². The third-order valence-electron chi connectivity index (χ3n) is 4.31. The summed E-state index contributed by atoms with van der Waals surface area (Å²) in [7, 11) is 1.65. The maximum absolute atomic E-state index is 11.7. The Bertz CT molecular complexity index is 482. The molecule has 4 atom stereocenters. The zero-order valence-corrected chi connectivity index (χ0v) is 13.9. The van der Waals surface area contributed by atoms with Crippen LogP contribution >= 0.6 is 0 Å². The molecule has 1 heterocycles. The molecule has 22 heavy (non-hydrogen) atoms. The van der Waals surface area contributed by atoms with Crippen LogP contribution in [0.15, 0.2) is 24.3 Å². The van der Waals surface area contributed by atoms with Crippen molar-refractivity contribution in [2.45, 2.75) is 39.9 Å². The van der Waals surface area contributed by atoms with Crippen molar-refractivity contribution in [2.24, 2.45) is 17.8 Å². The van der Waals surface area contributed by atoms with E-state index in [2.05, 4.69) is 13.8 Å². The quantitative estimate of drug-likeness (QED) is 0.755. The molecule has 1 fully saturated rings. The van der Waals surface area contributed by atoms with Gasteiger partial charge < -0.3 is 14.2 Å².